The van der Waals surface area contributed by atoms with Gasteiger partial charge < -0.3 is 4.74 Å². The maximum absolute atomic E-state index is 11.6. The molecule has 0 amide bonds. The Morgan fingerprint density at radius 1 is 1.12 bits per heavy atom. The zero-order valence-electron chi connectivity index (χ0n) is 16.2. The van der Waals surface area contributed by atoms with Crippen molar-refractivity contribution in [2.45, 2.75) is 78.2 Å². The standard InChI is InChI=1S/C21H30N2O2S/c1-12(24)25-19-7-6-15-14-5-4-13-10-17-18(26-23-22-17)11-21(13,3)16(14)8-9-20(15,19)2/h13-16,19H,4-11H2,1-3H3/t13-,14-,15-,16-,19-,20-,21-/m0/s1. The molecule has 0 N–H and O–H groups in total. The Hall–Kier alpha value is -0.970. The van der Waals surface area contributed by atoms with Gasteiger partial charge in [-0.2, -0.15) is 0 Å². The highest BCUT2D eigenvalue weighted by molar-refractivity contribution is 7.05. The molecule has 142 valence electrons. The number of nitrogens with zero attached hydrogens (tertiary/aromatic N) is 2. The molecule has 3 saturated carbocycles. The van der Waals surface area contributed by atoms with Crippen LogP contribution in [0, 0.1) is 34.5 Å². The van der Waals surface area contributed by atoms with Crippen LogP contribution in [0.15, 0.2) is 0 Å². The molecule has 5 rings (SSSR count). The number of ether oxygens (including phenoxy) is 1. The molecule has 1 heterocycles. The fourth-order valence-electron chi connectivity index (χ4n) is 7.59. The molecule has 3 fully saturated rings. The van der Waals surface area contributed by atoms with E-state index in [1.54, 1.807) is 18.5 Å². The highest BCUT2D eigenvalue weighted by atomic mass is 32.1. The van der Waals surface area contributed by atoms with Gasteiger partial charge in [-0.05, 0) is 92.0 Å². The Morgan fingerprint density at radius 2 is 1.92 bits per heavy atom. The van der Waals surface area contributed by atoms with Gasteiger partial charge >= 0.3 is 5.97 Å². The van der Waals surface area contributed by atoms with Crippen LogP contribution in [-0.2, 0) is 22.4 Å². The van der Waals surface area contributed by atoms with Crippen molar-refractivity contribution in [3.63, 3.8) is 0 Å². The van der Waals surface area contributed by atoms with E-state index in [1.807, 2.05) is 0 Å². The van der Waals surface area contributed by atoms with Crippen LogP contribution in [0.5, 0.6) is 0 Å². The first kappa shape index (κ1) is 17.2. The van der Waals surface area contributed by atoms with Crippen LogP contribution in [0.25, 0.3) is 0 Å². The lowest BCUT2D eigenvalue weighted by atomic mass is 9.45. The van der Waals surface area contributed by atoms with Gasteiger partial charge in [0.15, 0.2) is 0 Å². The van der Waals surface area contributed by atoms with Crippen LogP contribution in [0.3, 0.4) is 0 Å². The summed E-state index contributed by atoms with van der Waals surface area (Å²) < 4.78 is 10.0. The largest absolute Gasteiger partial charge is 0.462 e. The lowest BCUT2D eigenvalue weighted by Gasteiger charge is -2.59. The molecule has 7 atom stereocenters. The SMILES string of the molecule is CC(=O)O[C@H]1CC[C@H]2[C@@H]3CC[C@H]4Cc5nnsc5C[C@]4(C)[C@H]3CC[C@]12C. The topological polar surface area (TPSA) is 52.1 Å². The van der Waals surface area contributed by atoms with Gasteiger partial charge in [-0.15, -0.1) is 5.10 Å². The average molecular weight is 375 g/mol. The second-order valence-corrected chi connectivity index (χ2v) is 10.7. The first-order valence-corrected chi connectivity index (χ1v) is 11.2. The van der Waals surface area contributed by atoms with Gasteiger partial charge in [0.1, 0.15) is 6.10 Å². The number of carbonyl (C=O) groups excluding carboxylic acids is 1. The molecule has 0 aliphatic heterocycles. The molecule has 0 radical (unpaired) electrons. The van der Waals surface area contributed by atoms with Crippen LogP contribution in [0.2, 0.25) is 0 Å². The Morgan fingerprint density at radius 3 is 2.73 bits per heavy atom. The predicted octanol–water partition coefficient (Wildman–Crippen LogP) is 4.43. The van der Waals surface area contributed by atoms with Crippen LogP contribution in [0.4, 0.5) is 0 Å². The minimum Gasteiger partial charge on any atom is -0.462 e. The van der Waals surface area contributed by atoms with E-state index in [9.17, 15) is 4.79 Å². The summed E-state index contributed by atoms with van der Waals surface area (Å²) in [5, 5.41) is 4.40. The van der Waals surface area contributed by atoms with Crippen LogP contribution in [0.1, 0.15) is 69.9 Å². The summed E-state index contributed by atoms with van der Waals surface area (Å²) in [6, 6.07) is 0. The van der Waals surface area contributed by atoms with Gasteiger partial charge in [-0.25, -0.2) is 0 Å². The number of hydrogen-bond donors (Lipinski definition) is 0. The highest BCUT2D eigenvalue weighted by Gasteiger charge is 2.61. The summed E-state index contributed by atoms with van der Waals surface area (Å²) in [7, 11) is 0. The first-order chi connectivity index (χ1) is 12.4. The van der Waals surface area contributed by atoms with Gasteiger partial charge in [-0.3, -0.25) is 4.79 Å². The number of aromatic nitrogens is 2. The molecule has 4 nitrogen and oxygen atoms in total. The molecule has 0 unspecified atom stereocenters. The zero-order valence-corrected chi connectivity index (χ0v) is 17.0. The Kier molecular flexibility index (Phi) is 3.80. The fraction of sp³-hybridized carbons (Fsp3) is 0.857. The quantitative estimate of drug-likeness (QED) is 0.683. The number of rotatable bonds is 1. The molecule has 0 bridgehead atoms. The third kappa shape index (κ3) is 2.28. The van der Waals surface area contributed by atoms with Gasteiger partial charge in [0.25, 0.3) is 0 Å². The maximum atomic E-state index is 11.6. The summed E-state index contributed by atoms with van der Waals surface area (Å²) in [5.41, 5.74) is 1.89. The van der Waals surface area contributed by atoms with Crippen molar-refractivity contribution in [3.05, 3.63) is 10.6 Å². The van der Waals surface area contributed by atoms with Crippen LogP contribution >= 0.6 is 11.5 Å². The van der Waals surface area contributed by atoms with Gasteiger partial charge in [0, 0.05) is 17.2 Å². The van der Waals surface area contributed by atoms with Crippen LogP contribution < -0.4 is 0 Å². The van der Waals surface area contributed by atoms with Crippen molar-refractivity contribution in [2.75, 3.05) is 0 Å². The summed E-state index contributed by atoms with van der Waals surface area (Å²) in [6.45, 7) is 6.55. The number of fused-ring (bicyclic) bond motifs is 6. The van der Waals surface area contributed by atoms with Crippen molar-refractivity contribution in [3.8, 4) is 0 Å². The molecule has 0 spiro atoms. The smallest absolute Gasteiger partial charge is 0.302 e. The lowest BCUT2D eigenvalue weighted by Crippen LogP contribution is -2.54. The van der Waals surface area contributed by atoms with E-state index in [2.05, 4.69) is 23.4 Å². The van der Waals surface area contributed by atoms with Crippen molar-refractivity contribution in [2.24, 2.45) is 34.5 Å². The summed E-state index contributed by atoms with van der Waals surface area (Å²) in [6.07, 6.45) is 9.96. The third-order valence-electron chi connectivity index (χ3n) is 8.90. The molecular weight excluding hydrogens is 344 g/mol. The van der Waals surface area contributed by atoms with E-state index in [0.717, 1.165) is 36.5 Å². The Labute approximate surface area is 160 Å². The van der Waals surface area contributed by atoms with E-state index in [-0.39, 0.29) is 17.5 Å². The van der Waals surface area contributed by atoms with Crippen molar-refractivity contribution in [1.29, 1.82) is 0 Å². The second-order valence-electron chi connectivity index (χ2n) is 9.90. The molecule has 4 aliphatic carbocycles. The van der Waals surface area contributed by atoms with Crippen molar-refractivity contribution < 1.29 is 9.53 Å². The number of esters is 1. The lowest BCUT2D eigenvalue weighted by molar-refractivity contribution is -0.160. The monoisotopic (exact) mass is 374 g/mol. The van der Waals surface area contributed by atoms with Crippen molar-refractivity contribution in [1.82, 2.24) is 9.59 Å². The maximum Gasteiger partial charge on any atom is 0.302 e. The molecule has 5 heteroatoms. The Bertz CT molecular complexity index is 733. The summed E-state index contributed by atoms with van der Waals surface area (Å²) in [4.78, 5) is 13.0. The van der Waals surface area contributed by atoms with Crippen molar-refractivity contribution >= 4 is 17.5 Å². The van der Waals surface area contributed by atoms with E-state index >= 15 is 0 Å². The minimum atomic E-state index is -0.104. The number of hydrogen-bond acceptors (Lipinski definition) is 5. The first-order valence-electron chi connectivity index (χ1n) is 10.4. The molecule has 0 saturated heterocycles. The van der Waals surface area contributed by atoms with Gasteiger partial charge in [-0.1, -0.05) is 18.3 Å². The molecule has 1 aromatic rings. The molecule has 4 aliphatic rings. The minimum absolute atomic E-state index is 0.104. The molecular formula is C21H30N2O2S. The van der Waals surface area contributed by atoms with E-state index in [4.69, 9.17) is 4.74 Å². The summed E-state index contributed by atoms with van der Waals surface area (Å²) >= 11 is 1.63. The van der Waals surface area contributed by atoms with Gasteiger partial charge in [0.05, 0.1) is 5.69 Å². The predicted molar refractivity (Wildman–Crippen MR) is 101 cm³/mol. The highest BCUT2D eigenvalue weighted by Crippen LogP contribution is 2.66. The molecule has 26 heavy (non-hydrogen) atoms. The Balaban J connectivity index is 1.44. The van der Waals surface area contributed by atoms with E-state index in [1.165, 1.54) is 49.1 Å². The zero-order chi connectivity index (χ0) is 18.1. The van der Waals surface area contributed by atoms with Crippen LogP contribution in [-0.4, -0.2) is 21.7 Å². The average Bonchev–Trinajstić information content (AvgIpc) is 3.16. The molecule has 0 aromatic carbocycles. The fourth-order valence-corrected chi connectivity index (χ4v) is 8.43. The van der Waals surface area contributed by atoms with E-state index in [0.29, 0.717) is 5.41 Å². The normalized spacial score (nSPS) is 46.7. The third-order valence-corrected chi connectivity index (χ3v) is 9.67. The number of carbonyl (C=O) groups is 1. The second kappa shape index (κ2) is 5.76. The molecule has 1 aromatic heterocycles. The van der Waals surface area contributed by atoms with Gasteiger partial charge in [0.2, 0.25) is 0 Å². The van der Waals surface area contributed by atoms with E-state index < -0.39 is 0 Å². The summed E-state index contributed by atoms with van der Waals surface area (Å²) in [5.74, 6) is 3.01.